The summed E-state index contributed by atoms with van der Waals surface area (Å²) < 4.78 is 11.1. The number of piperidine rings is 1. The largest absolute Gasteiger partial charge is 0.394 e. The van der Waals surface area contributed by atoms with Crippen molar-refractivity contribution in [2.24, 2.45) is 0 Å². The Labute approximate surface area is 108 Å². The summed E-state index contributed by atoms with van der Waals surface area (Å²) in [6.45, 7) is 3.95. The molecule has 5 nitrogen and oxygen atoms in total. The molecule has 2 saturated heterocycles. The number of ether oxygens (including phenoxy) is 2. The molecule has 2 fully saturated rings. The van der Waals surface area contributed by atoms with Crippen molar-refractivity contribution in [3.63, 3.8) is 0 Å². The van der Waals surface area contributed by atoms with Crippen LogP contribution in [0.2, 0.25) is 0 Å². The Morgan fingerprint density at radius 3 is 2.61 bits per heavy atom. The predicted molar refractivity (Wildman–Crippen MR) is 66.2 cm³/mol. The Morgan fingerprint density at radius 1 is 1.33 bits per heavy atom. The summed E-state index contributed by atoms with van der Waals surface area (Å²) in [5.74, 6) is 0.139. The van der Waals surface area contributed by atoms with Gasteiger partial charge in [0.2, 0.25) is 0 Å². The Bertz CT molecular complexity index is 276. The van der Waals surface area contributed by atoms with E-state index in [4.69, 9.17) is 14.6 Å². The topological polar surface area (TPSA) is 59.0 Å². The monoisotopic (exact) mass is 257 g/mol. The van der Waals surface area contributed by atoms with Crippen LogP contribution in [0.4, 0.5) is 0 Å². The molecule has 0 radical (unpaired) electrons. The molecular weight excluding hydrogens is 234 g/mol. The van der Waals surface area contributed by atoms with Crippen molar-refractivity contribution in [1.82, 2.24) is 4.90 Å². The molecule has 0 bridgehead atoms. The van der Waals surface area contributed by atoms with Gasteiger partial charge in [-0.25, -0.2) is 0 Å². The summed E-state index contributed by atoms with van der Waals surface area (Å²) in [4.78, 5) is 14.1. The molecule has 5 heteroatoms. The molecule has 18 heavy (non-hydrogen) atoms. The standard InChI is InChI=1S/C13H23NO4/c1-10-2-3-12(18-10)13(16)14-6-4-11(5-7-14)17-9-8-15/h10-12,15H,2-9H2,1H3. The summed E-state index contributed by atoms with van der Waals surface area (Å²) in [7, 11) is 0. The van der Waals surface area contributed by atoms with Crippen molar-refractivity contribution in [2.45, 2.75) is 50.9 Å². The fourth-order valence-corrected chi connectivity index (χ4v) is 2.65. The molecule has 0 aromatic rings. The molecule has 2 unspecified atom stereocenters. The number of nitrogens with zero attached hydrogens (tertiary/aromatic N) is 1. The molecule has 2 aliphatic rings. The first-order valence-electron chi connectivity index (χ1n) is 6.87. The van der Waals surface area contributed by atoms with Gasteiger partial charge in [-0.3, -0.25) is 4.79 Å². The number of hydrogen-bond acceptors (Lipinski definition) is 4. The molecule has 2 heterocycles. The molecule has 0 aromatic heterocycles. The first-order valence-corrected chi connectivity index (χ1v) is 6.87. The zero-order valence-corrected chi connectivity index (χ0v) is 11.0. The van der Waals surface area contributed by atoms with Crippen molar-refractivity contribution in [1.29, 1.82) is 0 Å². The van der Waals surface area contributed by atoms with Crippen LogP contribution in [0, 0.1) is 0 Å². The van der Waals surface area contributed by atoms with Gasteiger partial charge in [-0.1, -0.05) is 0 Å². The van der Waals surface area contributed by atoms with Crippen molar-refractivity contribution >= 4 is 5.91 Å². The number of amides is 1. The van der Waals surface area contributed by atoms with Gasteiger partial charge in [0.25, 0.3) is 5.91 Å². The molecule has 104 valence electrons. The summed E-state index contributed by atoms with van der Waals surface area (Å²) in [5, 5.41) is 8.70. The Kier molecular flexibility index (Phi) is 4.97. The normalized spacial score (nSPS) is 29.8. The Balaban J connectivity index is 1.73. The van der Waals surface area contributed by atoms with Crippen LogP contribution >= 0.6 is 0 Å². The first kappa shape index (κ1) is 13.8. The van der Waals surface area contributed by atoms with Gasteiger partial charge in [-0.15, -0.1) is 0 Å². The van der Waals surface area contributed by atoms with E-state index in [1.807, 2.05) is 11.8 Å². The first-order chi connectivity index (χ1) is 8.70. The lowest BCUT2D eigenvalue weighted by atomic mass is 10.1. The second-order valence-electron chi connectivity index (χ2n) is 5.13. The molecule has 0 spiro atoms. The maximum Gasteiger partial charge on any atom is 0.251 e. The molecule has 2 atom stereocenters. The molecule has 1 N–H and O–H groups in total. The van der Waals surface area contributed by atoms with E-state index in [9.17, 15) is 4.79 Å². The van der Waals surface area contributed by atoms with Crippen LogP contribution in [0.25, 0.3) is 0 Å². The number of hydrogen-bond donors (Lipinski definition) is 1. The zero-order chi connectivity index (χ0) is 13.0. The van der Waals surface area contributed by atoms with Gasteiger partial charge < -0.3 is 19.5 Å². The van der Waals surface area contributed by atoms with Crippen LogP contribution < -0.4 is 0 Å². The summed E-state index contributed by atoms with van der Waals surface area (Å²) in [5.41, 5.74) is 0. The fraction of sp³-hybridized carbons (Fsp3) is 0.923. The third-order valence-electron chi connectivity index (χ3n) is 3.71. The van der Waals surface area contributed by atoms with Gasteiger partial charge in [0.15, 0.2) is 0 Å². The zero-order valence-electron chi connectivity index (χ0n) is 11.0. The maximum atomic E-state index is 12.2. The molecule has 2 aliphatic heterocycles. The number of rotatable bonds is 4. The summed E-state index contributed by atoms with van der Waals surface area (Å²) in [6, 6.07) is 0. The number of aliphatic hydroxyl groups is 1. The average Bonchev–Trinajstić information content (AvgIpc) is 2.83. The minimum absolute atomic E-state index is 0.0624. The van der Waals surface area contributed by atoms with Crippen molar-refractivity contribution in [2.75, 3.05) is 26.3 Å². The number of carbonyl (C=O) groups is 1. The number of aliphatic hydroxyl groups excluding tert-OH is 1. The highest BCUT2D eigenvalue weighted by Gasteiger charge is 2.33. The van der Waals surface area contributed by atoms with E-state index in [1.165, 1.54) is 0 Å². The number of carbonyl (C=O) groups excluding carboxylic acids is 1. The van der Waals surface area contributed by atoms with Crippen molar-refractivity contribution in [3.05, 3.63) is 0 Å². The maximum absolute atomic E-state index is 12.2. The van der Waals surface area contributed by atoms with Crippen LogP contribution in [-0.4, -0.2) is 60.5 Å². The highest BCUT2D eigenvalue weighted by Crippen LogP contribution is 2.23. The van der Waals surface area contributed by atoms with Gasteiger partial charge in [-0.05, 0) is 32.6 Å². The Hall–Kier alpha value is -0.650. The van der Waals surface area contributed by atoms with E-state index < -0.39 is 0 Å². The van der Waals surface area contributed by atoms with E-state index in [0.29, 0.717) is 6.61 Å². The van der Waals surface area contributed by atoms with Crippen LogP contribution in [0.1, 0.15) is 32.6 Å². The molecule has 0 saturated carbocycles. The minimum atomic E-state index is -0.227. The molecular formula is C13H23NO4. The van der Waals surface area contributed by atoms with Crippen molar-refractivity contribution < 1.29 is 19.4 Å². The molecule has 2 rings (SSSR count). The van der Waals surface area contributed by atoms with E-state index >= 15 is 0 Å². The van der Waals surface area contributed by atoms with E-state index in [-0.39, 0.29) is 30.8 Å². The van der Waals surface area contributed by atoms with E-state index in [1.54, 1.807) is 0 Å². The van der Waals surface area contributed by atoms with E-state index in [0.717, 1.165) is 38.8 Å². The van der Waals surface area contributed by atoms with Gasteiger partial charge in [0.1, 0.15) is 6.10 Å². The second kappa shape index (κ2) is 6.50. The van der Waals surface area contributed by atoms with Gasteiger partial charge in [0.05, 0.1) is 25.4 Å². The fourth-order valence-electron chi connectivity index (χ4n) is 2.65. The van der Waals surface area contributed by atoms with Gasteiger partial charge in [-0.2, -0.15) is 0 Å². The highest BCUT2D eigenvalue weighted by atomic mass is 16.5. The lowest BCUT2D eigenvalue weighted by Crippen LogP contribution is -2.45. The molecule has 0 aliphatic carbocycles. The van der Waals surface area contributed by atoms with Crippen LogP contribution in [-0.2, 0) is 14.3 Å². The lowest BCUT2D eigenvalue weighted by Gasteiger charge is -2.33. The average molecular weight is 257 g/mol. The van der Waals surface area contributed by atoms with Gasteiger partial charge >= 0.3 is 0 Å². The smallest absolute Gasteiger partial charge is 0.251 e. The molecule has 1 amide bonds. The van der Waals surface area contributed by atoms with Gasteiger partial charge in [0, 0.05) is 13.1 Å². The predicted octanol–water partition coefficient (Wildman–Crippen LogP) is 0.554. The van der Waals surface area contributed by atoms with Crippen molar-refractivity contribution in [3.8, 4) is 0 Å². The molecule has 0 aromatic carbocycles. The lowest BCUT2D eigenvalue weighted by molar-refractivity contribution is -0.145. The van der Waals surface area contributed by atoms with Crippen LogP contribution in [0.15, 0.2) is 0 Å². The highest BCUT2D eigenvalue weighted by molar-refractivity contribution is 5.81. The summed E-state index contributed by atoms with van der Waals surface area (Å²) >= 11 is 0. The second-order valence-corrected chi connectivity index (χ2v) is 5.13. The Morgan fingerprint density at radius 2 is 2.06 bits per heavy atom. The van der Waals surface area contributed by atoms with E-state index in [2.05, 4.69) is 0 Å². The summed E-state index contributed by atoms with van der Waals surface area (Å²) in [6.07, 6.45) is 3.71. The third-order valence-corrected chi connectivity index (χ3v) is 3.71. The van der Waals surface area contributed by atoms with Crippen LogP contribution in [0.5, 0.6) is 0 Å². The quantitative estimate of drug-likeness (QED) is 0.799. The number of likely N-dealkylation sites (tertiary alicyclic amines) is 1. The minimum Gasteiger partial charge on any atom is -0.394 e. The SMILES string of the molecule is CC1CCC(C(=O)N2CCC(OCCO)CC2)O1. The third kappa shape index (κ3) is 3.43. The van der Waals surface area contributed by atoms with Crippen LogP contribution in [0.3, 0.4) is 0 Å².